The minimum Gasteiger partial charge on any atom is -0.314 e. The van der Waals surface area contributed by atoms with Crippen molar-refractivity contribution in [1.82, 2.24) is 15.6 Å². The number of thiazole rings is 1. The monoisotopic (exact) mass is 267 g/mol. The molecule has 2 rings (SSSR count). The molecule has 0 radical (unpaired) electrons. The molecular weight excluding hydrogens is 242 g/mol. The van der Waals surface area contributed by atoms with Crippen molar-refractivity contribution in [2.24, 2.45) is 0 Å². The second kappa shape index (κ2) is 7.22. The lowest BCUT2D eigenvalue weighted by atomic mass is 10.0. The Morgan fingerprint density at radius 3 is 3.11 bits per heavy atom. The van der Waals surface area contributed by atoms with E-state index in [9.17, 15) is 0 Å². The summed E-state index contributed by atoms with van der Waals surface area (Å²) in [4.78, 5) is 4.37. The normalized spacial score (nSPS) is 24.4. The molecule has 3 atom stereocenters. The van der Waals surface area contributed by atoms with Crippen molar-refractivity contribution in [3.8, 4) is 0 Å². The van der Waals surface area contributed by atoms with Gasteiger partial charge in [0.2, 0.25) is 0 Å². The summed E-state index contributed by atoms with van der Waals surface area (Å²) in [5.74, 6) is 0. The summed E-state index contributed by atoms with van der Waals surface area (Å²) in [6, 6.07) is 1.60. The van der Waals surface area contributed by atoms with Crippen LogP contribution in [0.15, 0.2) is 11.6 Å². The van der Waals surface area contributed by atoms with Gasteiger partial charge in [-0.25, -0.2) is 4.98 Å². The molecule has 0 aliphatic carbocycles. The summed E-state index contributed by atoms with van der Waals surface area (Å²) in [6.07, 6.45) is 8.55. The van der Waals surface area contributed by atoms with Gasteiger partial charge in [0.05, 0.1) is 6.04 Å². The SMILES string of the molecule is CC(CC1CCCCCN1)NC(C)c1nccs1. The minimum absolute atomic E-state index is 0.366. The van der Waals surface area contributed by atoms with Crippen LogP contribution < -0.4 is 10.6 Å². The van der Waals surface area contributed by atoms with Crippen LogP contribution in [0.2, 0.25) is 0 Å². The number of hydrogen-bond donors (Lipinski definition) is 2. The zero-order valence-electron chi connectivity index (χ0n) is 11.5. The van der Waals surface area contributed by atoms with Crippen molar-refractivity contribution in [2.75, 3.05) is 6.54 Å². The number of aromatic nitrogens is 1. The van der Waals surface area contributed by atoms with Gasteiger partial charge in [-0.2, -0.15) is 0 Å². The standard InChI is InChI=1S/C14H25N3S/c1-11(10-13-6-4-3-5-7-15-13)17-12(2)14-16-8-9-18-14/h8-9,11-13,15,17H,3-7,10H2,1-2H3. The third-order valence-electron chi connectivity index (χ3n) is 3.66. The molecule has 1 aliphatic heterocycles. The molecule has 2 N–H and O–H groups in total. The Morgan fingerprint density at radius 2 is 2.33 bits per heavy atom. The average Bonchev–Trinajstić information content (AvgIpc) is 2.76. The second-order valence-electron chi connectivity index (χ2n) is 5.40. The number of nitrogens with zero attached hydrogens (tertiary/aromatic N) is 1. The summed E-state index contributed by atoms with van der Waals surface area (Å²) < 4.78 is 0. The Bertz CT molecular complexity index is 318. The van der Waals surface area contributed by atoms with Gasteiger partial charge in [0.25, 0.3) is 0 Å². The van der Waals surface area contributed by atoms with Crippen LogP contribution in [0.25, 0.3) is 0 Å². The molecule has 3 nitrogen and oxygen atoms in total. The summed E-state index contributed by atoms with van der Waals surface area (Å²) in [5.41, 5.74) is 0. The number of hydrogen-bond acceptors (Lipinski definition) is 4. The van der Waals surface area contributed by atoms with Crippen LogP contribution in [0.5, 0.6) is 0 Å². The van der Waals surface area contributed by atoms with E-state index in [1.807, 2.05) is 11.6 Å². The van der Waals surface area contributed by atoms with Crippen molar-refractivity contribution < 1.29 is 0 Å². The minimum atomic E-state index is 0.366. The first-order valence-corrected chi connectivity index (χ1v) is 8.02. The third-order valence-corrected chi connectivity index (χ3v) is 4.62. The summed E-state index contributed by atoms with van der Waals surface area (Å²) >= 11 is 1.73. The Labute approximate surface area is 114 Å². The zero-order chi connectivity index (χ0) is 12.8. The molecule has 2 heterocycles. The van der Waals surface area contributed by atoms with Gasteiger partial charge in [0, 0.05) is 23.7 Å². The van der Waals surface area contributed by atoms with E-state index in [0.29, 0.717) is 18.1 Å². The van der Waals surface area contributed by atoms with Gasteiger partial charge >= 0.3 is 0 Å². The number of nitrogens with one attached hydrogen (secondary N) is 2. The Hall–Kier alpha value is -0.450. The van der Waals surface area contributed by atoms with Gasteiger partial charge in [0.1, 0.15) is 5.01 Å². The molecule has 18 heavy (non-hydrogen) atoms. The van der Waals surface area contributed by atoms with Crippen LogP contribution in [0.3, 0.4) is 0 Å². The molecular formula is C14H25N3S. The highest BCUT2D eigenvalue weighted by Crippen LogP contribution is 2.18. The lowest BCUT2D eigenvalue weighted by Gasteiger charge is -2.23. The van der Waals surface area contributed by atoms with E-state index < -0.39 is 0 Å². The predicted octanol–water partition coefficient (Wildman–Crippen LogP) is 3.10. The van der Waals surface area contributed by atoms with Gasteiger partial charge in [-0.15, -0.1) is 11.3 Å². The van der Waals surface area contributed by atoms with Gasteiger partial charge in [0.15, 0.2) is 0 Å². The van der Waals surface area contributed by atoms with Crippen LogP contribution >= 0.6 is 11.3 Å². The van der Waals surface area contributed by atoms with Crippen LogP contribution in [-0.2, 0) is 0 Å². The van der Waals surface area contributed by atoms with Crippen LogP contribution in [0, 0.1) is 0 Å². The van der Waals surface area contributed by atoms with Crippen LogP contribution in [0.4, 0.5) is 0 Å². The van der Waals surface area contributed by atoms with Crippen molar-refractivity contribution in [1.29, 1.82) is 0 Å². The van der Waals surface area contributed by atoms with E-state index in [0.717, 1.165) is 0 Å². The zero-order valence-corrected chi connectivity index (χ0v) is 12.3. The van der Waals surface area contributed by atoms with Crippen molar-refractivity contribution in [3.63, 3.8) is 0 Å². The lowest BCUT2D eigenvalue weighted by molar-refractivity contribution is 0.380. The molecule has 0 spiro atoms. The smallest absolute Gasteiger partial charge is 0.109 e. The van der Waals surface area contributed by atoms with E-state index in [2.05, 4.69) is 29.5 Å². The summed E-state index contributed by atoms with van der Waals surface area (Å²) in [6.45, 7) is 5.69. The Morgan fingerprint density at radius 1 is 1.44 bits per heavy atom. The summed E-state index contributed by atoms with van der Waals surface area (Å²) in [5, 5.41) is 10.6. The Kier molecular flexibility index (Phi) is 5.60. The maximum Gasteiger partial charge on any atom is 0.109 e. The van der Waals surface area contributed by atoms with Crippen molar-refractivity contribution in [3.05, 3.63) is 16.6 Å². The van der Waals surface area contributed by atoms with Gasteiger partial charge in [-0.3, -0.25) is 0 Å². The number of rotatable bonds is 5. The quantitative estimate of drug-likeness (QED) is 0.861. The predicted molar refractivity (Wildman–Crippen MR) is 78.0 cm³/mol. The highest BCUT2D eigenvalue weighted by atomic mass is 32.1. The lowest BCUT2D eigenvalue weighted by Crippen LogP contribution is -2.37. The average molecular weight is 267 g/mol. The molecule has 0 saturated carbocycles. The highest BCUT2D eigenvalue weighted by molar-refractivity contribution is 7.09. The van der Waals surface area contributed by atoms with Crippen LogP contribution in [-0.4, -0.2) is 23.6 Å². The molecule has 1 saturated heterocycles. The van der Waals surface area contributed by atoms with E-state index >= 15 is 0 Å². The third kappa shape index (κ3) is 4.34. The topological polar surface area (TPSA) is 37.0 Å². The molecule has 0 bridgehead atoms. The van der Waals surface area contributed by atoms with Crippen molar-refractivity contribution in [2.45, 2.75) is 64.1 Å². The Balaban J connectivity index is 1.75. The second-order valence-corrected chi connectivity index (χ2v) is 6.32. The molecule has 102 valence electrons. The fraction of sp³-hybridized carbons (Fsp3) is 0.786. The fourth-order valence-electron chi connectivity index (χ4n) is 2.74. The largest absolute Gasteiger partial charge is 0.314 e. The first kappa shape index (κ1) is 14.0. The van der Waals surface area contributed by atoms with Crippen molar-refractivity contribution >= 4 is 11.3 Å². The molecule has 3 unspecified atom stereocenters. The highest BCUT2D eigenvalue weighted by Gasteiger charge is 2.17. The molecule has 1 fully saturated rings. The molecule has 1 aliphatic rings. The van der Waals surface area contributed by atoms with Crippen LogP contribution in [0.1, 0.15) is 57.0 Å². The molecule has 4 heteroatoms. The maximum atomic E-state index is 4.37. The van der Waals surface area contributed by atoms with Gasteiger partial charge in [-0.1, -0.05) is 12.8 Å². The molecule has 0 amide bonds. The molecule has 1 aromatic heterocycles. The van der Waals surface area contributed by atoms with E-state index in [4.69, 9.17) is 0 Å². The fourth-order valence-corrected chi connectivity index (χ4v) is 3.40. The van der Waals surface area contributed by atoms with E-state index in [1.54, 1.807) is 11.3 Å². The van der Waals surface area contributed by atoms with E-state index in [1.165, 1.54) is 43.7 Å². The van der Waals surface area contributed by atoms with Gasteiger partial charge in [-0.05, 0) is 39.7 Å². The van der Waals surface area contributed by atoms with E-state index in [-0.39, 0.29) is 0 Å². The maximum absolute atomic E-state index is 4.37. The first-order chi connectivity index (χ1) is 8.75. The summed E-state index contributed by atoms with van der Waals surface area (Å²) in [7, 11) is 0. The molecule has 1 aromatic rings. The molecule has 0 aromatic carbocycles. The van der Waals surface area contributed by atoms with Gasteiger partial charge < -0.3 is 10.6 Å². The first-order valence-electron chi connectivity index (χ1n) is 7.14.